The number of carbonyl (C=O) groups excluding carboxylic acids is 1. The fourth-order valence-electron chi connectivity index (χ4n) is 2.89. The largest absolute Gasteiger partial charge is 0.349 e. The minimum absolute atomic E-state index is 0.0367. The van der Waals surface area contributed by atoms with E-state index in [-0.39, 0.29) is 21.9 Å². The average Bonchev–Trinajstić information content (AvgIpc) is 2.63. The lowest BCUT2D eigenvalue weighted by molar-refractivity contribution is 0.0924. The molecule has 0 aromatic heterocycles. The molecule has 0 unspecified atom stereocenters. The van der Waals surface area contributed by atoms with Crippen LogP contribution in [0.2, 0.25) is 5.02 Å². The van der Waals surface area contributed by atoms with Gasteiger partial charge < -0.3 is 5.32 Å². The summed E-state index contributed by atoms with van der Waals surface area (Å²) >= 11 is 6.03. The van der Waals surface area contributed by atoms with Crippen molar-refractivity contribution < 1.29 is 13.2 Å². The van der Waals surface area contributed by atoms with Gasteiger partial charge in [0.15, 0.2) is 0 Å². The molecule has 0 aliphatic carbocycles. The molecular weight excluding hydrogens is 360 g/mol. The highest BCUT2D eigenvalue weighted by atomic mass is 35.5. The molecule has 5 nitrogen and oxygen atoms in total. The Hall–Kier alpha value is -1.89. The Balaban J connectivity index is 1.62. The predicted molar refractivity (Wildman–Crippen MR) is 97.1 cm³/mol. The molecule has 1 aliphatic heterocycles. The maximum absolute atomic E-state index is 12.7. The Morgan fingerprint density at radius 2 is 1.60 bits per heavy atom. The third-order valence-electron chi connectivity index (χ3n) is 4.28. The van der Waals surface area contributed by atoms with E-state index >= 15 is 0 Å². The number of sulfonamides is 1. The normalized spacial score (nSPS) is 16.5. The van der Waals surface area contributed by atoms with Gasteiger partial charge in [0.1, 0.15) is 4.90 Å². The Morgan fingerprint density at radius 3 is 2.24 bits per heavy atom. The lowest BCUT2D eigenvalue weighted by Crippen LogP contribution is -2.46. The molecule has 132 valence electrons. The van der Waals surface area contributed by atoms with Crippen LogP contribution in [0.15, 0.2) is 59.5 Å². The fraction of sp³-hybridized carbons (Fsp3) is 0.278. The van der Waals surface area contributed by atoms with Gasteiger partial charge in [-0.15, -0.1) is 0 Å². The number of hydrogen-bond acceptors (Lipinski definition) is 3. The summed E-state index contributed by atoms with van der Waals surface area (Å²) in [5, 5.41) is 3.20. The second kappa shape index (κ2) is 7.56. The van der Waals surface area contributed by atoms with Crippen LogP contribution in [0.5, 0.6) is 0 Å². The minimum atomic E-state index is -3.61. The van der Waals surface area contributed by atoms with Gasteiger partial charge in [-0.05, 0) is 37.1 Å². The third kappa shape index (κ3) is 4.03. The van der Waals surface area contributed by atoms with Crippen LogP contribution in [0.3, 0.4) is 0 Å². The average molecular weight is 379 g/mol. The molecule has 25 heavy (non-hydrogen) atoms. The summed E-state index contributed by atoms with van der Waals surface area (Å²) in [6.07, 6.45) is 1.14. The van der Waals surface area contributed by atoms with E-state index in [0.717, 1.165) is 0 Å². The third-order valence-corrected chi connectivity index (χ3v) is 6.68. The van der Waals surface area contributed by atoms with E-state index in [4.69, 9.17) is 11.6 Å². The lowest BCUT2D eigenvalue weighted by atomic mass is 10.1. The highest BCUT2D eigenvalue weighted by Gasteiger charge is 2.31. The Bertz CT molecular complexity index is 848. The fourth-order valence-corrected chi connectivity index (χ4v) is 4.85. The van der Waals surface area contributed by atoms with Crippen molar-refractivity contribution in [1.29, 1.82) is 0 Å². The number of nitrogens with zero attached hydrogens (tertiary/aromatic N) is 1. The zero-order valence-corrected chi connectivity index (χ0v) is 15.1. The maximum Gasteiger partial charge on any atom is 0.251 e. The van der Waals surface area contributed by atoms with Crippen molar-refractivity contribution in [2.24, 2.45) is 0 Å². The van der Waals surface area contributed by atoms with Crippen molar-refractivity contribution in [2.45, 2.75) is 23.8 Å². The summed E-state index contributed by atoms with van der Waals surface area (Å²) in [5.41, 5.74) is 0.605. The molecule has 1 fully saturated rings. The van der Waals surface area contributed by atoms with Crippen LogP contribution >= 0.6 is 11.6 Å². The minimum Gasteiger partial charge on any atom is -0.349 e. The van der Waals surface area contributed by atoms with Gasteiger partial charge in [0, 0.05) is 24.7 Å². The number of carbonyl (C=O) groups is 1. The summed E-state index contributed by atoms with van der Waals surface area (Å²) in [4.78, 5) is 12.3. The van der Waals surface area contributed by atoms with E-state index in [1.165, 1.54) is 10.4 Å². The predicted octanol–water partition coefficient (Wildman–Crippen LogP) is 2.92. The molecule has 2 aromatic carbocycles. The molecule has 0 saturated carbocycles. The van der Waals surface area contributed by atoms with Crippen LogP contribution in [0.25, 0.3) is 0 Å². The number of nitrogens with one attached hydrogen (secondary N) is 1. The zero-order valence-electron chi connectivity index (χ0n) is 13.6. The molecule has 1 saturated heterocycles. The number of benzene rings is 2. The number of amides is 1. The first kappa shape index (κ1) is 17.9. The van der Waals surface area contributed by atoms with Gasteiger partial charge in [0.2, 0.25) is 10.0 Å². The number of hydrogen-bond donors (Lipinski definition) is 1. The van der Waals surface area contributed by atoms with Gasteiger partial charge in [-0.2, -0.15) is 4.31 Å². The van der Waals surface area contributed by atoms with Crippen LogP contribution in [-0.2, 0) is 10.0 Å². The summed E-state index contributed by atoms with van der Waals surface area (Å²) in [6, 6.07) is 15.4. The van der Waals surface area contributed by atoms with Gasteiger partial charge in [-0.1, -0.05) is 41.9 Å². The summed E-state index contributed by atoms with van der Waals surface area (Å²) in [5.74, 6) is -0.131. The SMILES string of the molecule is O=C(NC1CCN(S(=O)(=O)c2ccccc2Cl)CC1)c1ccccc1. The van der Waals surface area contributed by atoms with Crippen LogP contribution in [0, 0.1) is 0 Å². The maximum atomic E-state index is 12.7. The molecule has 1 aliphatic rings. The second-order valence-electron chi connectivity index (χ2n) is 5.95. The molecule has 0 spiro atoms. The van der Waals surface area contributed by atoms with Gasteiger partial charge in [-0.3, -0.25) is 4.79 Å². The molecule has 1 heterocycles. The molecule has 1 N–H and O–H groups in total. The molecule has 1 amide bonds. The van der Waals surface area contributed by atoms with Gasteiger partial charge in [0.05, 0.1) is 5.02 Å². The molecular formula is C18H19ClN2O3S. The standard InChI is InChI=1S/C18H19ClN2O3S/c19-16-8-4-5-9-17(16)25(23,24)21-12-10-15(11-13-21)20-18(22)14-6-2-1-3-7-14/h1-9,15H,10-13H2,(H,20,22). The Labute approximate surface area is 152 Å². The zero-order chi connectivity index (χ0) is 17.9. The molecule has 0 bridgehead atoms. The van der Waals surface area contributed by atoms with Gasteiger partial charge in [-0.25, -0.2) is 8.42 Å². The van der Waals surface area contributed by atoms with E-state index in [0.29, 0.717) is 31.5 Å². The summed E-state index contributed by atoms with van der Waals surface area (Å²) in [7, 11) is -3.61. The van der Waals surface area contributed by atoms with Gasteiger partial charge in [0.25, 0.3) is 5.91 Å². The molecule has 2 aromatic rings. The first-order chi connectivity index (χ1) is 12.0. The monoisotopic (exact) mass is 378 g/mol. The number of piperidine rings is 1. The van der Waals surface area contributed by atoms with Gasteiger partial charge >= 0.3 is 0 Å². The number of halogens is 1. The first-order valence-corrected chi connectivity index (χ1v) is 9.91. The second-order valence-corrected chi connectivity index (χ2v) is 8.26. The molecule has 7 heteroatoms. The van der Waals surface area contributed by atoms with Crippen LogP contribution < -0.4 is 5.32 Å². The topological polar surface area (TPSA) is 66.5 Å². The Kier molecular flexibility index (Phi) is 5.42. The molecule has 0 atom stereocenters. The summed E-state index contributed by atoms with van der Waals surface area (Å²) in [6.45, 7) is 0.709. The van der Waals surface area contributed by atoms with Crippen LogP contribution in [0.4, 0.5) is 0 Å². The van der Waals surface area contributed by atoms with E-state index < -0.39 is 10.0 Å². The summed E-state index contributed by atoms with van der Waals surface area (Å²) < 4.78 is 26.9. The smallest absolute Gasteiger partial charge is 0.251 e. The number of rotatable bonds is 4. The van der Waals surface area contributed by atoms with E-state index in [1.807, 2.05) is 18.2 Å². The van der Waals surface area contributed by atoms with Crippen molar-refractivity contribution in [3.63, 3.8) is 0 Å². The van der Waals surface area contributed by atoms with E-state index in [2.05, 4.69) is 5.32 Å². The lowest BCUT2D eigenvalue weighted by Gasteiger charge is -2.31. The Morgan fingerprint density at radius 1 is 1.00 bits per heavy atom. The van der Waals surface area contributed by atoms with Crippen LogP contribution in [0.1, 0.15) is 23.2 Å². The molecule has 3 rings (SSSR count). The van der Waals surface area contributed by atoms with Crippen molar-refractivity contribution in [3.05, 3.63) is 65.2 Å². The van der Waals surface area contributed by atoms with Crippen molar-refractivity contribution in [1.82, 2.24) is 9.62 Å². The first-order valence-electron chi connectivity index (χ1n) is 8.09. The van der Waals surface area contributed by atoms with E-state index in [9.17, 15) is 13.2 Å². The van der Waals surface area contributed by atoms with Crippen molar-refractivity contribution in [2.75, 3.05) is 13.1 Å². The van der Waals surface area contributed by atoms with Crippen molar-refractivity contribution in [3.8, 4) is 0 Å². The van der Waals surface area contributed by atoms with Crippen LogP contribution in [-0.4, -0.2) is 37.8 Å². The van der Waals surface area contributed by atoms with Crippen molar-refractivity contribution >= 4 is 27.5 Å². The molecule has 0 radical (unpaired) electrons. The highest BCUT2D eigenvalue weighted by Crippen LogP contribution is 2.26. The quantitative estimate of drug-likeness (QED) is 0.889. The van der Waals surface area contributed by atoms with E-state index in [1.54, 1.807) is 30.3 Å². The highest BCUT2D eigenvalue weighted by molar-refractivity contribution is 7.89.